The lowest BCUT2D eigenvalue weighted by molar-refractivity contribution is 0.0308. The van der Waals surface area contributed by atoms with Crippen molar-refractivity contribution in [3.05, 3.63) is 34.6 Å². The summed E-state index contributed by atoms with van der Waals surface area (Å²) in [5.41, 5.74) is 3.28. The van der Waals surface area contributed by atoms with E-state index in [9.17, 15) is 9.18 Å². The van der Waals surface area contributed by atoms with Crippen LogP contribution in [-0.4, -0.2) is 42.3 Å². The molecule has 3 rings (SSSR count). The molecule has 0 bridgehead atoms. The summed E-state index contributed by atoms with van der Waals surface area (Å²) >= 11 is 0. The van der Waals surface area contributed by atoms with Gasteiger partial charge in [0.25, 0.3) is 5.91 Å². The minimum Gasteiger partial charge on any atom is -0.385 e. The number of hydrogen-bond donors (Lipinski definition) is 2. The number of nitrogens with one attached hydrogen (secondary N) is 1. The van der Waals surface area contributed by atoms with Crippen molar-refractivity contribution in [3.63, 3.8) is 0 Å². The molecule has 1 aromatic rings. The van der Waals surface area contributed by atoms with Gasteiger partial charge in [0.2, 0.25) is 0 Å². The summed E-state index contributed by atoms with van der Waals surface area (Å²) < 4.78 is 19.5. The number of hydroxylamine groups is 1. The van der Waals surface area contributed by atoms with Crippen LogP contribution >= 0.6 is 0 Å². The average Bonchev–Trinajstić information content (AvgIpc) is 2.53. The smallest absolute Gasteiger partial charge is 0.274 e. The van der Waals surface area contributed by atoms with Crippen LogP contribution in [0, 0.1) is 11.7 Å². The highest BCUT2D eigenvalue weighted by Crippen LogP contribution is 2.37. The van der Waals surface area contributed by atoms with Gasteiger partial charge in [-0.05, 0) is 49.3 Å². The van der Waals surface area contributed by atoms with E-state index in [0.29, 0.717) is 24.1 Å². The number of ether oxygens (including phenoxy) is 1. The zero-order chi connectivity index (χ0) is 16.4. The second kappa shape index (κ2) is 6.95. The van der Waals surface area contributed by atoms with Gasteiger partial charge in [-0.2, -0.15) is 0 Å². The summed E-state index contributed by atoms with van der Waals surface area (Å²) in [5.74, 6) is -0.398. The summed E-state index contributed by atoms with van der Waals surface area (Å²) in [6.45, 7) is 2.25. The monoisotopic (exact) mass is 326 g/mol. The van der Waals surface area contributed by atoms with Crippen LogP contribution < -0.4 is 5.48 Å². The average molecular weight is 326 g/mol. The highest BCUT2D eigenvalue weighted by atomic mass is 19.1. The van der Waals surface area contributed by atoms with E-state index in [0.717, 1.165) is 38.0 Å². The maximum Gasteiger partial charge on any atom is 0.274 e. The fourth-order valence-corrected chi connectivity index (χ4v) is 3.76. The van der Waals surface area contributed by atoms with Crippen LogP contribution in [0.15, 0.2) is 12.1 Å². The first kappa shape index (κ1) is 16.4. The summed E-state index contributed by atoms with van der Waals surface area (Å²) in [4.78, 5) is 13.8. The van der Waals surface area contributed by atoms with E-state index in [1.54, 1.807) is 18.7 Å². The lowest BCUT2D eigenvalue weighted by atomic mass is 9.75. The molecule has 0 spiro atoms. The molecule has 1 amide bonds. The van der Waals surface area contributed by atoms with E-state index < -0.39 is 5.91 Å². The van der Waals surface area contributed by atoms with Gasteiger partial charge in [0.05, 0.1) is 0 Å². The van der Waals surface area contributed by atoms with Gasteiger partial charge >= 0.3 is 0 Å². The molecule has 6 heteroatoms. The third kappa shape index (κ3) is 3.24. The zero-order valence-electron chi connectivity index (χ0n) is 13.3. The van der Waals surface area contributed by atoms with Crippen LogP contribution in [0.25, 0.3) is 0 Å². The van der Waals surface area contributed by atoms with Crippen molar-refractivity contribution in [1.29, 1.82) is 0 Å². The van der Waals surface area contributed by atoms with Crippen LogP contribution in [0.4, 0.5) is 4.39 Å². The molecular weight excluding hydrogens is 299 g/mol. The Morgan fingerprint density at radius 2 is 2.35 bits per heavy atom. The predicted molar refractivity (Wildman–Crippen MR) is 87.0 cm³/mol. The van der Waals surface area contributed by atoms with Crippen molar-refractivity contribution in [2.75, 3.05) is 20.3 Å². The Bertz CT molecular complexity index is 604. The minimum absolute atomic E-state index is 0. The molecule has 1 heterocycles. The molecule has 1 aliphatic heterocycles. The Labute approximate surface area is 138 Å². The molecule has 130 valence electrons. The fourth-order valence-electron chi connectivity index (χ4n) is 3.76. The van der Waals surface area contributed by atoms with Gasteiger partial charge in [0.15, 0.2) is 0 Å². The van der Waals surface area contributed by atoms with E-state index >= 15 is 0 Å². The van der Waals surface area contributed by atoms with Crippen molar-refractivity contribution in [1.82, 2.24) is 10.4 Å². The molecule has 2 atom stereocenters. The Morgan fingerprint density at radius 1 is 1.52 bits per heavy atom. The van der Waals surface area contributed by atoms with Crippen LogP contribution in [-0.2, 0) is 17.7 Å². The molecule has 2 aliphatic rings. The number of rotatable bonds is 5. The molecule has 1 aromatic carbocycles. The SMILES string of the molecule is COCCC1CC[C@H]1N1CCc2cc(C(=O)NO)cc(F)c2C1.[HH].[HH]. The van der Waals surface area contributed by atoms with E-state index in [2.05, 4.69) is 4.90 Å². The molecule has 23 heavy (non-hydrogen) atoms. The third-order valence-corrected chi connectivity index (χ3v) is 5.22. The maximum atomic E-state index is 14.4. The number of benzene rings is 1. The first-order valence-electron chi connectivity index (χ1n) is 8.12. The molecular formula is C17H27FN2O3. The van der Waals surface area contributed by atoms with Crippen molar-refractivity contribution in [2.45, 2.75) is 38.3 Å². The topological polar surface area (TPSA) is 61.8 Å². The van der Waals surface area contributed by atoms with Crippen LogP contribution in [0.3, 0.4) is 0 Å². The number of hydrogen-bond acceptors (Lipinski definition) is 4. The molecule has 0 saturated heterocycles. The number of carbonyl (C=O) groups is 1. The summed E-state index contributed by atoms with van der Waals surface area (Å²) in [5, 5.41) is 8.70. The lowest BCUT2D eigenvalue weighted by Gasteiger charge is -2.46. The molecule has 1 saturated carbocycles. The molecule has 1 fully saturated rings. The van der Waals surface area contributed by atoms with Crippen molar-refractivity contribution < 1.29 is 22.0 Å². The minimum atomic E-state index is -0.673. The van der Waals surface area contributed by atoms with Crippen LogP contribution in [0.1, 0.15) is 43.6 Å². The molecule has 5 nitrogen and oxygen atoms in total. The van der Waals surface area contributed by atoms with E-state index in [1.165, 1.54) is 12.5 Å². The van der Waals surface area contributed by atoms with Gasteiger partial charge in [-0.3, -0.25) is 14.9 Å². The fraction of sp³-hybridized carbons (Fsp3) is 0.588. The number of methoxy groups -OCH3 is 1. The number of halogens is 1. The van der Waals surface area contributed by atoms with Gasteiger partial charge in [-0.15, -0.1) is 0 Å². The Morgan fingerprint density at radius 3 is 3.00 bits per heavy atom. The van der Waals surface area contributed by atoms with E-state index in [-0.39, 0.29) is 14.2 Å². The maximum absolute atomic E-state index is 14.4. The van der Waals surface area contributed by atoms with Gasteiger partial charge in [-0.25, -0.2) is 9.87 Å². The van der Waals surface area contributed by atoms with Gasteiger partial charge in [-0.1, -0.05) is 0 Å². The molecule has 1 aliphatic carbocycles. The Kier molecular flexibility index (Phi) is 4.94. The van der Waals surface area contributed by atoms with Crippen molar-refractivity contribution in [2.24, 2.45) is 5.92 Å². The normalized spacial score (nSPS) is 24.0. The third-order valence-electron chi connectivity index (χ3n) is 5.22. The standard InChI is InChI=1S/C17H23FN2O3.2H2/c1-23-7-5-11-2-3-16(11)20-6-4-12-8-13(17(21)19-22)9-15(18)14(12)10-20;;/h8-9,11,16,22H,2-7,10H2,1H3,(H,19,21);2*1H/t11?,16-;;/m1../s1. The Hall–Kier alpha value is -1.50. The van der Waals surface area contributed by atoms with Crippen molar-refractivity contribution in [3.8, 4) is 0 Å². The van der Waals surface area contributed by atoms with Crippen molar-refractivity contribution >= 4 is 5.91 Å². The number of amides is 1. The second-order valence-electron chi connectivity index (χ2n) is 6.44. The van der Waals surface area contributed by atoms with Crippen LogP contribution in [0.2, 0.25) is 0 Å². The van der Waals surface area contributed by atoms with Gasteiger partial charge in [0, 0.05) is 46.8 Å². The number of carbonyl (C=O) groups excluding carboxylic acids is 1. The second-order valence-corrected chi connectivity index (χ2v) is 6.44. The molecule has 1 unspecified atom stereocenters. The van der Waals surface area contributed by atoms with E-state index in [1.807, 2.05) is 0 Å². The van der Waals surface area contributed by atoms with Gasteiger partial charge in [0.1, 0.15) is 5.82 Å². The first-order chi connectivity index (χ1) is 11.1. The Balaban J connectivity index is 0.00000156. The number of nitrogens with zero attached hydrogens (tertiary/aromatic N) is 1. The highest BCUT2D eigenvalue weighted by Gasteiger charge is 2.37. The number of fused-ring (bicyclic) bond motifs is 1. The highest BCUT2D eigenvalue weighted by molar-refractivity contribution is 5.93. The largest absolute Gasteiger partial charge is 0.385 e. The molecule has 2 N–H and O–H groups in total. The lowest BCUT2D eigenvalue weighted by Crippen LogP contribution is -2.49. The first-order valence-corrected chi connectivity index (χ1v) is 8.12. The summed E-state index contributed by atoms with van der Waals surface area (Å²) in [7, 11) is 1.72. The van der Waals surface area contributed by atoms with Crippen LogP contribution in [0.5, 0.6) is 0 Å². The predicted octanol–water partition coefficient (Wildman–Crippen LogP) is 2.61. The summed E-state index contributed by atoms with van der Waals surface area (Å²) in [6.07, 6.45) is 4.17. The van der Waals surface area contributed by atoms with Gasteiger partial charge < -0.3 is 4.74 Å². The molecule has 0 aromatic heterocycles. The quantitative estimate of drug-likeness (QED) is 0.645. The van der Waals surface area contributed by atoms with E-state index in [4.69, 9.17) is 9.94 Å². The summed E-state index contributed by atoms with van der Waals surface area (Å²) in [6, 6.07) is 3.40. The molecule has 0 radical (unpaired) electrons. The zero-order valence-corrected chi connectivity index (χ0v) is 13.3.